The molecular formula is C31H35N3O3S. The van der Waals surface area contributed by atoms with Crippen molar-refractivity contribution in [3.8, 4) is 11.3 Å². The first-order chi connectivity index (χ1) is 18.5. The van der Waals surface area contributed by atoms with Crippen LogP contribution in [0.4, 0.5) is 5.82 Å². The first-order valence-electron chi connectivity index (χ1n) is 13.4. The van der Waals surface area contributed by atoms with Crippen LogP contribution < -0.4 is 4.90 Å². The smallest absolute Gasteiger partial charge is 0.178 e. The maximum atomic E-state index is 12.9. The summed E-state index contributed by atoms with van der Waals surface area (Å²) in [6.45, 7) is 8.11. The molecular weight excluding hydrogens is 494 g/mol. The maximum Gasteiger partial charge on any atom is 0.178 e. The van der Waals surface area contributed by atoms with Gasteiger partial charge in [0.15, 0.2) is 9.84 Å². The highest BCUT2D eigenvalue weighted by molar-refractivity contribution is 7.91. The molecule has 0 bridgehead atoms. The zero-order chi connectivity index (χ0) is 26.4. The molecule has 4 aromatic rings. The Morgan fingerprint density at radius 1 is 0.868 bits per heavy atom. The number of benzene rings is 3. The van der Waals surface area contributed by atoms with E-state index >= 15 is 0 Å². The van der Waals surface area contributed by atoms with Crippen LogP contribution >= 0.6 is 0 Å². The first kappa shape index (κ1) is 26.4. The number of sulfone groups is 1. The molecule has 38 heavy (non-hydrogen) atoms. The van der Waals surface area contributed by atoms with E-state index in [-0.39, 0.29) is 5.75 Å². The summed E-state index contributed by atoms with van der Waals surface area (Å²) in [7, 11) is -3.39. The summed E-state index contributed by atoms with van der Waals surface area (Å²) in [5.74, 6) is 1.06. The fourth-order valence-electron chi connectivity index (χ4n) is 4.91. The number of rotatable bonds is 10. The topological polar surface area (TPSA) is 62.7 Å². The van der Waals surface area contributed by atoms with E-state index < -0.39 is 9.84 Å². The molecule has 198 valence electrons. The van der Waals surface area contributed by atoms with Gasteiger partial charge in [-0.05, 0) is 42.1 Å². The van der Waals surface area contributed by atoms with Gasteiger partial charge in [-0.15, -0.1) is 0 Å². The quantitative estimate of drug-likeness (QED) is 0.256. The number of piperazine rings is 1. The molecule has 0 N–H and O–H groups in total. The highest BCUT2D eigenvalue weighted by Gasteiger charge is 2.20. The van der Waals surface area contributed by atoms with Crippen LogP contribution in [0.1, 0.15) is 18.9 Å². The van der Waals surface area contributed by atoms with Crippen molar-refractivity contribution < 1.29 is 13.2 Å². The van der Waals surface area contributed by atoms with Crippen LogP contribution in [-0.2, 0) is 21.2 Å². The molecule has 2 heterocycles. The number of ether oxygens (including phenoxy) is 1. The van der Waals surface area contributed by atoms with E-state index in [1.54, 1.807) is 12.1 Å². The van der Waals surface area contributed by atoms with E-state index in [2.05, 4.69) is 41.0 Å². The summed E-state index contributed by atoms with van der Waals surface area (Å²) in [6, 6.07) is 27.5. The van der Waals surface area contributed by atoms with E-state index in [1.807, 2.05) is 48.5 Å². The second-order valence-electron chi connectivity index (χ2n) is 9.71. The summed E-state index contributed by atoms with van der Waals surface area (Å²) in [5.41, 5.74) is 2.85. The Bertz CT molecular complexity index is 1450. The second kappa shape index (κ2) is 12.1. The largest absolute Gasteiger partial charge is 0.377 e. The van der Waals surface area contributed by atoms with Crippen molar-refractivity contribution in [1.82, 2.24) is 9.88 Å². The predicted octanol–water partition coefficient (Wildman–Crippen LogP) is 5.42. The third kappa shape index (κ3) is 6.23. The Kier molecular flexibility index (Phi) is 8.37. The van der Waals surface area contributed by atoms with Crippen LogP contribution in [0.25, 0.3) is 22.0 Å². The van der Waals surface area contributed by atoms with Gasteiger partial charge in [-0.1, -0.05) is 73.7 Å². The monoisotopic (exact) mass is 529 g/mol. The van der Waals surface area contributed by atoms with Crippen molar-refractivity contribution in [3.05, 3.63) is 90.5 Å². The molecule has 1 saturated heterocycles. The molecule has 0 unspecified atom stereocenters. The normalized spacial score (nSPS) is 14.7. The molecule has 0 atom stereocenters. The SMILES string of the molecule is CCN1CCN(c2nc(-c3ccc(S(=O)(=O)CCCOCc4ccccc4)cc3)cc3ccccc23)CC1. The van der Waals surface area contributed by atoms with Crippen LogP contribution in [0, 0.1) is 0 Å². The lowest BCUT2D eigenvalue weighted by Gasteiger charge is -2.35. The fraction of sp³-hybridized carbons (Fsp3) is 0.323. The number of pyridine rings is 1. The zero-order valence-electron chi connectivity index (χ0n) is 21.9. The van der Waals surface area contributed by atoms with E-state index in [1.165, 1.54) is 0 Å². The van der Waals surface area contributed by atoms with Crippen LogP contribution in [0.15, 0.2) is 89.8 Å². The highest BCUT2D eigenvalue weighted by Crippen LogP contribution is 2.31. The van der Waals surface area contributed by atoms with Crippen LogP contribution in [0.2, 0.25) is 0 Å². The van der Waals surface area contributed by atoms with Gasteiger partial charge in [0, 0.05) is 43.7 Å². The first-order valence-corrected chi connectivity index (χ1v) is 15.0. The molecule has 0 spiro atoms. The van der Waals surface area contributed by atoms with E-state index in [0.717, 1.165) is 66.1 Å². The third-order valence-corrected chi connectivity index (χ3v) is 8.98. The predicted molar refractivity (Wildman–Crippen MR) is 154 cm³/mol. The molecule has 1 aliphatic heterocycles. The van der Waals surface area contributed by atoms with Crippen LogP contribution in [0.3, 0.4) is 0 Å². The molecule has 7 heteroatoms. The zero-order valence-corrected chi connectivity index (χ0v) is 22.7. The summed E-state index contributed by atoms with van der Waals surface area (Å²) in [6.07, 6.45) is 0.456. The standard InChI is InChI=1S/C31H35N3O3S/c1-2-33-17-19-34(20-18-33)31-29-12-7-6-11-27(29)23-30(32-31)26-13-15-28(16-14-26)38(35,36)22-8-21-37-24-25-9-4-3-5-10-25/h3-7,9-16,23H,2,8,17-22,24H2,1H3. The summed E-state index contributed by atoms with van der Waals surface area (Å²) < 4.78 is 31.5. The van der Waals surface area contributed by atoms with Crippen LogP contribution in [0.5, 0.6) is 0 Å². The summed E-state index contributed by atoms with van der Waals surface area (Å²) in [5, 5.41) is 2.28. The van der Waals surface area contributed by atoms with Gasteiger partial charge in [-0.2, -0.15) is 0 Å². The van der Waals surface area contributed by atoms with Crippen molar-refractivity contribution in [2.24, 2.45) is 0 Å². The molecule has 1 fully saturated rings. The Morgan fingerprint density at radius 2 is 1.58 bits per heavy atom. The van der Waals surface area contributed by atoms with E-state index in [4.69, 9.17) is 9.72 Å². The Morgan fingerprint density at radius 3 is 2.32 bits per heavy atom. The average Bonchev–Trinajstić information content (AvgIpc) is 2.97. The molecule has 5 rings (SSSR count). The number of hydrogen-bond donors (Lipinski definition) is 0. The summed E-state index contributed by atoms with van der Waals surface area (Å²) in [4.78, 5) is 10.2. The molecule has 6 nitrogen and oxygen atoms in total. The van der Waals surface area contributed by atoms with Crippen molar-refractivity contribution in [2.75, 3.05) is 50.0 Å². The lowest BCUT2D eigenvalue weighted by Crippen LogP contribution is -2.46. The van der Waals surface area contributed by atoms with Gasteiger partial charge in [0.2, 0.25) is 0 Å². The highest BCUT2D eigenvalue weighted by atomic mass is 32.2. The van der Waals surface area contributed by atoms with Crippen molar-refractivity contribution in [3.63, 3.8) is 0 Å². The van der Waals surface area contributed by atoms with Crippen LogP contribution in [-0.4, -0.2) is 63.4 Å². The van der Waals surface area contributed by atoms with Gasteiger partial charge in [0.1, 0.15) is 5.82 Å². The molecule has 1 aromatic heterocycles. The number of hydrogen-bond acceptors (Lipinski definition) is 6. The van der Waals surface area contributed by atoms with Crippen molar-refractivity contribution in [1.29, 1.82) is 0 Å². The van der Waals surface area contributed by atoms with Gasteiger partial charge >= 0.3 is 0 Å². The lowest BCUT2D eigenvalue weighted by molar-refractivity contribution is 0.122. The van der Waals surface area contributed by atoms with Gasteiger partial charge < -0.3 is 14.5 Å². The van der Waals surface area contributed by atoms with Gasteiger partial charge in [-0.25, -0.2) is 13.4 Å². The number of fused-ring (bicyclic) bond motifs is 1. The lowest BCUT2D eigenvalue weighted by atomic mass is 10.1. The Labute approximate surface area is 225 Å². The molecule has 1 aliphatic rings. The second-order valence-corrected chi connectivity index (χ2v) is 11.8. The van der Waals surface area contributed by atoms with Crippen molar-refractivity contribution >= 4 is 26.4 Å². The minimum absolute atomic E-state index is 0.0588. The van der Waals surface area contributed by atoms with Crippen molar-refractivity contribution in [2.45, 2.75) is 24.8 Å². The van der Waals surface area contributed by atoms with E-state index in [0.29, 0.717) is 24.5 Å². The average molecular weight is 530 g/mol. The fourth-order valence-corrected chi connectivity index (χ4v) is 6.20. The van der Waals surface area contributed by atoms with E-state index in [9.17, 15) is 8.42 Å². The van der Waals surface area contributed by atoms with Gasteiger partial charge in [-0.3, -0.25) is 0 Å². The molecule has 0 saturated carbocycles. The molecule has 0 radical (unpaired) electrons. The summed E-state index contributed by atoms with van der Waals surface area (Å²) >= 11 is 0. The number of nitrogens with zero attached hydrogens (tertiary/aromatic N) is 3. The molecule has 0 amide bonds. The van der Waals surface area contributed by atoms with Gasteiger partial charge in [0.25, 0.3) is 0 Å². The maximum absolute atomic E-state index is 12.9. The Hall–Kier alpha value is -3.26. The number of anilines is 1. The minimum Gasteiger partial charge on any atom is -0.377 e. The number of likely N-dealkylation sites (N-methyl/N-ethyl adjacent to an activating group) is 1. The minimum atomic E-state index is -3.39. The Balaban J connectivity index is 1.28. The third-order valence-electron chi connectivity index (χ3n) is 7.16. The van der Waals surface area contributed by atoms with Gasteiger partial charge in [0.05, 0.1) is 22.9 Å². The molecule has 3 aromatic carbocycles. The number of aromatic nitrogens is 1. The molecule has 0 aliphatic carbocycles.